The van der Waals surface area contributed by atoms with Gasteiger partial charge in [-0.15, -0.1) is 0 Å². The molecule has 116 valence electrons. The number of amides is 1. The van der Waals surface area contributed by atoms with E-state index in [-0.39, 0.29) is 16.6 Å². The van der Waals surface area contributed by atoms with Crippen molar-refractivity contribution < 1.29 is 9.18 Å². The third kappa shape index (κ3) is 4.18. The first-order valence-corrected chi connectivity index (χ1v) is 7.36. The Labute approximate surface area is 133 Å². The Hall–Kier alpha value is -2.14. The van der Waals surface area contributed by atoms with Crippen LogP contribution in [0.1, 0.15) is 30.8 Å². The van der Waals surface area contributed by atoms with Crippen LogP contribution in [0.15, 0.2) is 36.5 Å². The topological polar surface area (TPSA) is 54.0 Å². The van der Waals surface area contributed by atoms with Gasteiger partial charge >= 0.3 is 0 Å². The second kappa shape index (κ2) is 7.22. The molecule has 1 atom stereocenters. The van der Waals surface area contributed by atoms with Crippen LogP contribution in [0.4, 0.5) is 15.8 Å². The standard InChI is InChI=1S/C16H17ClFN3O/c1-3-10(2)20-12-5-7-15(19-9-12)16(22)21-11-4-6-14(18)13(17)8-11/h4-10,20H,3H2,1-2H3,(H,21,22). The highest BCUT2D eigenvalue weighted by molar-refractivity contribution is 6.31. The monoisotopic (exact) mass is 321 g/mol. The molecule has 0 saturated carbocycles. The number of pyridine rings is 1. The van der Waals surface area contributed by atoms with E-state index >= 15 is 0 Å². The van der Waals surface area contributed by atoms with Gasteiger partial charge in [0.15, 0.2) is 0 Å². The fourth-order valence-corrected chi connectivity index (χ4v) is 1.95. The number of nitrogens with one attached hydrogen (secondary N) is 2. The molecule has 1 heterocycles. The van der Waals surface area contributed by atoms with E-state index in [1.54, 1.807) is 18.3 Å². The molecule has 1 amide bonds. The molecule has 0 aliphatic rings. The minimum absolute atomic E-state index is 0.0427. The van der Waals surface area contributed by atoms with Crippen molar-refractivity contribution in [3.63, 3.8) is 0 Å². The van der Waals surface area contributed by atoms with Crippen LogP contribution < -0.4 is 10.6 Å². The van der Waals surface area contributed by atoms with Gasteiger partial charge in [-0.2, -0.15) is 0 Å². The summed E-state index contributed by atoms with van der Waals surface area (Å²) in [5, 5.41) is 5.85. The van der Waals surface area contributed by atoms with Crippen LogP contribution in [0.3, 0.4) is 0 Å². The van der Waals surface area contributed by atoms with E-state index in [1.165, 1.54) is 18.2 Å². The van der Waals surface area contributed by atoms with Crippen molar-refractivity contribution in [2.45, 2.75) is 26.3 Å². The molecule has 0 fully saturated rings. The van der Waals surface area contributed by atoms with Crippen LogP contribution in [0.25, 0.3) is 0 Å². The normalized spacial score (nSPS) is 11.8. The molecule has 0 bridgehead atoms. The first-order valence-electron chi connectivity index (χ1n) is 6.98. The second-order valence-electron chi connectivity index (χ2n) is 4.97. The first kappa shape index (κ1) is 16.2. The van der Waals surface area contributed by atoms with Crippen molar-refractivity contribution in [3.8, 4) is 0 Å². The number of anilines is 2. The van der Waals surface area contributed by atoms with Crippen LogP contribution in [-0.4, -0.2) is 16.9 Å². The molecular weight excluding hydrogens is 305 g/mol. The number of benzene rings is 1. The maximum absolute atomic E-state index is 13.1. The number of hydrogen-bond acceptors (Lipinski definition) is 3. The average molecular weight is 322 g/mol. The van der Waals surface area contributed by atoms with E-state index in [4.69, 9.17) is 11.6 Å². The molecule has 0 spiro atoms. The van der Waals surface area contributed by atoms with Gasteiger partial charge in [-0.05, 0) is 43.7 Å². The summed E-state index contributed by atoms with van der Waals surface area (Å²) in [5.74, 6) is -0.906. The van der Waals surface area contributed by atoms with E-state index < -0.39 is 5.82 Å². The maximum Gasteiger partial charge on any atom is 0.274 e. The number of nitrogens with zero attached hydrogens (tertiary/aromatic N) is 1. The molecule has 22 heavy (non-hydrogen) atoms. The summed E-state index contributed by atoms with van der Waals surface area (Å²) in [6.45, 7) is 4.15. The van der Waals surface area contributed by atoms with E-state index in [0.29, 0.717) is 11.7 Å². The lowest BCUT2D eigenvalue weighted by atomic mass is 10.2. The van der Waals surface area contributed by atoms with Gasteiger partial charge < -0.3 is 10.6 Å². The zero-order chi connectivity index (χ0) is 16.1. The number of carbonyl (C=O) groups is 1. The third-order valence-corrected chi connectivity index (χ3v) is 3.49. The Balaban J connectivity index is 2.04. The number of rotatable bonds is 5. The van der Waals surface area contributed by atoms with Crippen molar-refractivity contribution in [3.05, 3.63) is 53.1 Å². The Morgan fingerprint density at radius 2 is 2.05 bits per heavy atom. The molecule has 0 aliphatic carbocycles. The summed E-state index contributed by atoms with van der Waals surface area (Å²) in [6.07, 6.45) is 2.60. The molecule has 6 heteroatoms. The summed E-state index contributed by atoms with van der Waals surface area (Å²) in [7, 11) is 0. The lowest BCUT2D eigenvalue weighted by molar-refractivity contribution is 0.102. The van der Waals surface area contributed by atoms with Gasteiger partial charge in [0.05, 0.1) is 16.9 Å². The first-order chi connectivity index (χ1) is 10.5. The van der Waals surface area contributed by atoms with Crippen LogP contribution >= 0.6 is 11.6 Å². The number of carbonyl (C=O) groups excluding carboxylic acids is 1. The number of hydrogen-bond donors (Lipinski definition) is 2. The summed E-state index contributed by atoms with van der Waals surface area (Å²) >= 11 is 5.68. The van der Waals surface area contributed by atoms with Crippen molar-refractivity contribution in [1.29, 1.82) is 0 Å². The number of halogens is 2. The predicted molar refractivity (Wildman–Crippen MR) is 87.0 cm³/mol. The van der Waals surface area contributed by atoms with Gasteiger partial charge in [0.25, 0.3) is 5.91 Å². The highest BCUT2D eigenvalue weighted by Gasteiger charge is 2.09. The van der Waals surface area contributed by atoms with E-state index in [1.807, 2.05) is 0 Å². The SMILES string of the molecule is CCC(C)Nc1ccc(C(=O)Nc2ccc(F)c(Cl)c2)nc1. The van der Waals surface area contributed by atoms with Crippen molar-refractivity contribution in [2.75, 3.05) is 10.6 Å². The highest BCUT2D eigenvalue weighted by Crippen LogP contribution is 2.20. The third-order valence-electron chi connectivity index (χ3n) is 3.20. The van der Waals surface area contributed by atoms with Gasteiger partial charge in [-0.3, -0.25) is 4.79 Å². The molecular formula is C16H17ClFN3O. The second-order valence-corrected chi connectivity index (χ2v) is 5.38. The molecule has 4 nitrogen and oxygen atoms in total. The minimum atomic E-state index is -0.529. The summed E-state index contributed by atoms with van der Waals surface area (Å²) < 4.78 is 13.1. The fraction of sp³-hybridized carbons (Fsp3) is 0.250. The Morgan fingerprint density at radius 1 is 1.32 bits per heavy atom. The van der Waals surface area contributed by atoms with E-state index in [9.17, 15) is 9.18 Å². The van der Waals surface area contributed by atoms with Gasteiger partial charge in [-0.1, -0.05) is 18.5 Å². The van der Waals surface area contributed by atoms with Crippen LogP contribution in [-0.2, 0) is 0 Å². The molecule has 1 aromatic heterocycles. The maximum atomic E-state index is 13.1. The lowest BCUT2D eigenvalue weighted by Gasteiger charge is -2.12. The molecule has 2 aromatic rings. The zero-order valence-corrected chi connectivity index (χ0v) is 13.1. The highest BCUT2D eigenvalue weighted by atomic mass is 35.5. The quantitative estimate of drug-likeness (QED) is 0.861. The van der Waals surface area contributed by atoms with Gasteiger partial charge in [0, 0.05) is 11.7 Å². The predicted octanol–water partition coefficient (Wildman–Crippen LogP) is 4.34. The average Bonchev–Trinajstić information content (AvgIpc) is 2.51. The van der Waals surface area contributed by atoms with Crippen LogP contribution in [0.2, 0.25) is 5.02 Å². The molecule has 1 aromatic carbocycles. The number of aromatic nitrogens is 1. The Kier molecular flexibility index (Phi) is 5.33. The Morgan fingerprint density at radius 3 is 2.64 bits per heavy atom. The van der Waals surface area contributed by atoms with Crippen molar-refractivity contribution >= 4 is 28.9 Å². The molecule has 2 rings (SSSR count). The van der Waals surface area contributed by atoms with Crippen LogP contribution in [0, 0.1) is 5.82 Å². The molecule has 1 unspecified atom stereocenters. The van der Waals surface area contributed by atoms with Gasteiger partial charge in [-0.25, -0.2) is 9.37 Å². The van der Waals surface area contributed by atoms with E-state index in [0.717, 1.165) is 12.1 Å². The fourth-order valence-electron chi connectivity index (χ4n) is 1.77. The molecule has 0 radical (unpaired) electrons. The summed E-state index contributed by atoms with van der Waals surface area (Å²) in [6, 6.07) is 7.76. The van der Waals surface area contributed by atoms with Gasteiger partial charge in [0.1, 0.15) is 11.5 Å². The molecule has 0 aliphatic heterocycles. The van der Waals surface area contributed by atoms with E-state index in [2.05, 4.69) is 29.5 Å². The van der Waals surface area contributed by atoms with Crippen LogP contribution in [0.5, 0.6) is 0 Å². The Bertz CT molecular complexity index is 661. The minimum Gasteiger partial charge on any atom is -0.381 e. The summed E-state index contributed by atoms with van der Waals surface area (Å²) in [4.78, 5) is 16.2. The van der Waals surface area contributed by atoms with Crippen molar-refractivity contribution in [2.24, 2.45) is 0 Å². The summed E-state index contributed by atoms with van der Waals surface area (Å²) in [5.41, 5.74) is 1.55. The molecule has 2 N–H and O–H groups in total. The lowest BCUT2D eigenvalue weighted by Crippen LogP contribution is -2.16. The van der Waals surface area contributed by atoms with Crippen molar-refractivity contribution in [1.82, 2.24) is 4.98 Å². The largest absolute Gasteiger partial charge is 0.381 e. The smallest absolute Gasteiger partial charge is 0.274 e. The van der Waals surface area contributed by atoms with Gasteiger partial charge in [0.2, 0.25) is 0 Å². The molecule has 0 saturated heterocycles. The zero-order valence-electron chi connectivity index (χ0n) is 12.4.